The van der Waals surface area contributed by atoms with Crippen LogP contribution in [0.2, 0.25) is 5.02 Å². The lowest BCUT2D eigenvalue weighted by atomic mass is 9.99. The van der Waals surface area contributed by atoms with Crippen LogP contribution >= 0.6 is 34.7 Å². The summed E-state index contributed by atoms with van der Waals surface area (Å²) >= 11 is 9.03. The summed E-state index contributed by atoms with van der Waals surface area (Å²) in [4.78, 5) is 26.7. The zero-order valence-electron chi connectivity index (χ0n) is 20.7. The topological polar surface area (TPSA) is 61.4 Å². The van der Waals surface area contributed by atoms with E-state index in [1.165, 1.54) is 11.8 Å². The SMILES string of the molecule is O=C1c2sc(-c3nc(Nc4cc5c(cc4Cl)CN(CCF)CC5)ncc3C(F)(F)F)cc2SCCN1C1CC1. The van der Waals surface area contributed by atoms with Gasteiger partial charge in [0.1, 0.15) is 17.1 Å². The number of benzene rings is 1. The number of carbonyl (C=O) groups is 1. The molecule has 6 nitrogen and oxygen atoms in total. The third-order valence-corrected chi connectivity index (χ3v) is 9.68. The van der Waals surface area contributed by atoms with Gasteiger partial charge in [-0.05, 0) is 48.6 Å². The number of thioether (sulfide) groups is 1. The minimum Gasteiger partial charge on any atom is -0.334 e. The summed E-state index contributed by atoms with van der Waals surface area (Å²) in [5.41, 5.74) is 1.25. The maximum Gasteiger partial charge on any atom is 0.420 e. The fourth-order valence-corrected chi connectivity index (χ4v) is 7.52. The highest BCUT2D eigenvalue weighted by molar-refractivity contribution is 7.99. The van der Waals surface area contributed by atoms with E-state index in [4.69, 9.17) is 11.6 Å². The van der Waals surface area contributed by atoms with E-state index in [9.17, 15) is 22.4 Å². The molecule has 0 bridgehead atoms. The molecular formula is C26H24ClF4N5OS2. The Hall–Kier alpha value is -2.41. The molecular weight excluding hydrogens is 574 g/mol. The Balaban J connectivity index is 1.33. The van der Waals surface area contributed by atoms with Crippen LogP contribution in [0.15, 0.2) is 29.3 Å². The summed E-state index contributed by atoms with van der Waals surface area (Å²) < 4.78 is 54.8. The lowest BCUT2D eigenvalue weighted by molar-refractivity contribution is -0.137. The van der Waals surface area contributed by atoms with Crippen LogP contribution in [0.3, 0.4) is 0 Å². The number of hydrogen-bond acceptors (Lipinski definition) is 7. The zero-order valence-corrected chi connectivity index (χ0v) is 23.0. The summed E-state index contributed by atoms with van der Waals surface area (Å²) in [7, 11) is 0. The number of hydrogen-bond donors (Lipinski definition) is 1. The van der Waals surface area contributed by atoms with Gasteiger partial charge in [-0.3, -0.25) is 9.69 Å². The van der Waals surface area contributed by atoms with Crippen LogP contribution in [0, 0.1) is 0 Å². The van der Waals surface area contributed by atoms with Crippen LogP contribution in [-0.4, -0.2) is 63.8 Å². The third-order valence-electron chi connectivity index (χ3n) is 7.09. The molecule has 1 saturated carbocycles. The van der Waals surface area contributed by atoms with Gasteiger partial charge < -0.3 is 10.2 Å². The summed E-state index contributed by atoms with van der Waals surface area (Å²) in [6.07, 6.45) is -1.29. The van der Waals surface area contributed by atoms with Crippen LogP contribution in [0.25, 0.3) is 10.6 Å². The standard InChI is InChI=1S/C26H24ClF4N5OS2/c27-18-9-15-13-35(6-4-28)5-3-14(15)10-19(18)33-25-32-12-17(26(29,30)31)22(34-25)20-11-21-23(39-20)24(37)36(7-8-38-21)16-1-2-16/h9-12,16H,1-8,13H2,(H,32,33,34). The largest absolute Gasteiger partial charge is 0.420 e. The maximum absolute atomic E-state index is 14.0. The maximum atomic E-state index is 14.0. The Morgan fingerprint density at radius 2 is 1.97 bits per heavy atom. The average Bonchev–Trinajstić information content (AvgIpc) is 3.66. The second-order valence-corrected chi connectivity index (χ2v) is 12.4. The number of fused-ring (bicyclic) bond motifs is 2. The first-order valence-corrected chi connectivity index (χ1v) is 14.8. The van der Waals surface area contributed by atoms with Gasteiger partial charge in [-0.1, -0.05) is 11.6 Å². The normalized spacial score (nSPS) is 18.1. The molecule has 1 fully saturated rings. The van der Waals surface area contributed by atoms with Crippen molar-refractivity contribution in [3.8, 4) is 10.6 Å². The fourth-order valence-electron chi connectivity index (χ4n) is 4.97. The lowest BCUT2D eigenvalue weighted by Gasteiger charge is -2.28. The Morgan fingerprint density at radius 1 is 1.15 bits per heavy atom. The fraction of sp³-hybridized carbons (Fsp3) is 0.423. The second kappa shape index (κ2) is 10.5. The molecule has 0 spiro atoms. The highest BCUT2D eigenvalue weighted by Crippen LogP contribution is 2.44. The van der Waals surface area contributed by atoms with Crippen LogP contribution in [-0.2, 0) is 19.1 Å². The molecule has 39 heavy (non-hydrogen) atoms. The third kappa shape index (κ3) is 5.48. The van der Waals surface area contributed by atoms with Crippen molar-refractivity contribution in [2.24, 2.45) is 0 Å². The van der Waals surface area contributed by atoms with Gasteiger partial charge in [0.25, 0.3) is 5.91 Å². The van der Waals surface area contributed by atoms with Gasteiger partial charge in [0.05, 0.1) is 21.3 Å². The molecule has 0 saturated heterocycles. The number of alkyl halides is 4. The van der Waals surface area contributed by atoms with E-state index in [0.717, 1.165) is 41.5 Å². The van der Waals surface area contributed by atoms with Crippen LogP contribution in [0.1, 0.15) is 39.2 Å². The van der Waals surface area contributed by atoms with Gasteiger partial charge in [-0.15, -0.1) is 23.1 Å². The molecule has 3 aliphatic rings. The van der Waals surface area contributed by atoms with Gasteiger partial charge >= 0.3 is 6.18 Å². The minimum absolute atomic E-state index is 0.0307. The molecule has 6 rings (SSSR count). The molecule has 4 heterocycles. The molecule has 206 valence electrons. The molecule has 13 heteroatoms. The molecule has 2 aromatic heterocycles. The van der Waals surface area contributed by atoms with Crippen LogP contribution in [0.4, 0.5) is 29.2 Å². The monoisotopic (exact) mass is 597 g/mol. The zero-order chi connectivity index (χ0) is 27.3. The van der Waals surface area contributed by atoms with Gasteiger partial charge in [-0.2, -0.15) is 13.2 Å². The number of carbonyl (C=O) groups excluding carboxylic acids is 1. The van der Waals surface area contributed by atoms with Crippen molar-refractivity contribution in [2.45, 2.75) is 42.9 Å². The van der Waals surface area contributed by atoms with Gasteiger partial charge in [0, 0.05) is 49.1 Å². The van der Waals surface area contributed by atoms with E-state index in [-0.39, 0.29) is 28.5 Å². The van der Waals surface area contributed by atoms with Crippen molar-refractivity contribution >= 4 is 52.2 Å². The second-order valence-electron chi connectivity index (χ2n) is 9.78. The van der Waals surface area contributed by atoms with Crippen molar-refractivity contribution < 1.29 is 22.4 Å². The Kier molecular flexibility index (Phi) is 7.23. The van der Waals surface area contributed by atoms with Crippen molar-refractivity contribution in [1.29, 1.82) is 0 Å². The van der Waals surface area contributed by atoms with E-state index in [0.29, 0.717) is 58.8 Å². The minimum atomic E-state index is -4.68. The summed E-state index contributed by atoms with van der Waals surface area (Å²) in [6, 6.07) is 5.50. The molecule has 0 atom stereocenters. The van der Waals surface area contributed by atoms with Crippen molar-refractivity contribution in [3.63, 3.8) is 0 Å². The van der Waals surface area contributed by atoms with Crippen molar-refractivity contribution in [2.75, 3.05) is 37.4 Å². The number of anilines is 2. The highest BCUT2D eigenvalue weighted by Gasteiger charge is 2.39. The molecule has 3 aromatic rings. The highest BCUT2D eigenvalue weighted by atomic mass is 35.5. The molecule has 2 aliphatic heterocycles. The van der Waals surface area contributed by atoms with E-state index >= 15 is 0 Å². The number of nitrogens with zero attached hydrogens (tertiary/aromatic N) is 4. The molecule has 1 amide bonds. The van der Waals surface area contributed by atoms with Crippen LogP contribution in [0.5, 0.6) is 0 Å². The van der Waals surface area contributed by atoms with Crippen LogP contribution < -0.4 is 5.32 Å². The Labute approximate surface area is 235 Å². The quantitative estimate of drug-likeness (QED) is 0.321. The first kappa shape index (κ1) is 26.8. The number of nitrogens with one attached hydrogen (secondary N) is 1. The van der Waals surface area contributed by atoms with Gasteiger partial charge in [0.2, 0.25) is 5.95 Å². The number of rotatable bonds is 6. The average molecular weight is 598 g/mol. The summed E-state index contributed by atoms with van der Waals surface area (Å²) in [6.45, 7) is 1.86. The number of thiophene rings is 1. The van der Waals surface area contributed by atoms with Crippen molar-refractivity contribution in [3.05, 3.63) is 51.0 Å². The smallest absolute Gasteiger partial charge is 0.334 e. The summed E-state index contributed by atoms with van der Waals surface area (Å²) in [5.74, 6) is 0.536. The number of halogens is 5. The van der Waals surface area contributed by atoms with Gasteiger partial charge in [0.15, 0.2) is 0 Å². The first-order chi connectivity index (χ1) is 18.7. The number of amides is 1. The Bertz CT molecular complexity index is 1430. The molecule has 1 N–H and O–H groups in total. The van der Waals surface area contributed by atoms with E-state index in [2.05, 4.69) is 15.3 Å². The molecule has 0 radical (unpaired) electrons. The van der Waals surface area contributed by atoms with Gasteiger partial charge in [-0.25, -0.2) is 14.4 Å². The summed E-state index contributed by atoms with van der Waals surface area (Å²) in [5, 5.41) is 3.35. The first-order valence-electron chi connectivity index (χ1n) is 12.6. The van der Waals surface area contributed by atoms with E-state index in [1.54, 1.807) is 12.1 Å². The lowest BCUT2D eigenvalue weighted by Crippen LogP contribution is -2.33. The van der Waals surface area contributed by atoms with Crippen molar-refractivity contribution in [1.82, 2.24) is 19.8 Å². The Morgan fingerprint density at radius 3 is 2.72 bits per heavy atom. The molecule has 1 aromatic carbocycles. The molecule has 1 aliphatic carbocycles. The number of aromatic nitrogens is 2. The molecule has 0 unspecified atom stereocenters. The predicted molar refractivity (Wildman–Crippen MR) is 145 cm³/mol. The van der Waals surface area contributed by atoms with E-state index in [1.807, 2.05) is 15.9 Å². The predicted octanol–water partition coefficient (Wildman–Crippen LogP) is 6.66. The van der Waals surface area contributed by atoms with E-state index < -0.39 is 18.4 Å².